The molecule has 2 rings (SSSR count). The minimum atomic E-state index is -0.418. The normalized spacial score (nSPS) is 19.2. The minimum absolute atomic E-state index is 0.0904. The predicted molar refractivity (Wildman–Crippen MR) is 72.5 cm³/mol. The average Bonchev–Trinajstić information content (AvgIpc) is 2.63. The van der Waals surface area contributed by atoms with Crippen LogP contribution in [-0.4, -0.2) is 24.5 Å². The molecular weight excluding hydrogens is 242 g/mol. The molecule has 102 valence electrons. The molecule has 0 bridgehead atoms. The Morgan fingerprint density at radius 3 is 2.84 bits per heavy atom. The van der Waals surface area contributed by atoms with E-state index in [1.165, 1.54) is 0 Å². The number of carbonyl (C=O) groups is 2. The fraction of sp³-hybridized carbons (Fsp3) is 0.429. The molecule has 0 aromatic heterocycles. The molecule has 5 nitrogen and oxygen atoms in total. The van der Waals surface area contributed by atoms with Crippen molar-refractivity contribution >= 4 is 11.9 Å². The van der Waals surface area contributed by atoms with Gasteiger partial charge in [0, 0.05) is 13.1 Å². The van der Waals surface area contributed by atoms with Gasteiger partial charge in [-0.1, -0.05) is 30.3 Å². The Balaban J connectivity index is 1.79. The zero-order chi connectivity index (χ0) is 13.5. The van der Waals surface area contributed by atoms with E-state index in [-0.39, 0.29) is 11.9 Å². The molecule has 1 aliphatic rings. The molecule has 3 N–H and O–H groups in total. The van der Waals surface area contributed by atoms with Gasteiger partial charge in [0.25, 0.3) is 0 Å². The van der Waals surface area contributed by atoms with Gasteiger partial charge in [0.2, 0.25) is 5.91 Å². The van der Waals surface area contributed by atoms with Gasteiger partial charge in [-0.05, 0) is 24.8 Å². The standard InChI is InChI=1S/C14H19N3O2/c18-13-12(8-4-5-9-15-13)17-14(19)16-10-11-6-2-1-3-7-11/h1-3,6-7,12H,4-5,8-10H2,(H,15,18)(H2,16,17,19)/t12-/m0/s1. The zero-order valence-corrected chi connectivity index (χ0v) is 10.8. The van der Waals surface area contributed by atoms with Crippen molar-refractivity contribution in [2.75, 3.05) is 6.54 Å². The van der Waals surface area contributed by atoms with Crippen LogP contribution in [0.3, 0.4) is 0 Å². The molecule has 1 aromatic carbocycles. The summed E-state index contributed by atoms with van der Waals surface area (Å²) in [6.45, 7) is 1.16. The predicted octanol–water partition coefficient (Wildman–Crippen LogP) is 1.15. The van der Waals surface area contributed by atoms with Crippen LogP contribution in [0.1, 0.15) is 24.8 Å². The van der Waals surface area contributed by atoms with Gasteiger partial charge in [-0.2, -0.15) is 0 Å². The molecule has 0 unspecified atom stereocenters. The summed E-state index contributed by atoms with van der Waals surface area (Å²) in [5, 5.41) is 8.27. The maximum absolute atomic E-state index is 11.7. The van der Waals surface area contributed by atoms with Gasteiger partial charge in [-0.3, -0.25) is 4.79 Å². The number of benzene rings is 1. The average molecular weight is 261 g/mol. The smallest absolute Gasteiger partial charge is 0.315 e. The van der Waals surface area contributed by atoms with Crippen LogP contribution in [0.25, 0.3) is 0 Å². The third-order valence-electron chi connectivity index (χ3n) is 3.14. The summed E-state index contributed by atoms with van der Waals surface area (Å²) in [6, 6.07) is 8.95. The first-order valence-corrected chi connectivity index (χ1v) is 6.62. The molecule has 5 heteroatoms. The van der Waals surface area contributed by atoms with Crippen LogP contribution < -0.4 is 16.0 Å². The Morgan fingerprint density at radius 2 is 2.05 bits per heavy atom. The van der Waals surface area contributed by atoms with Crippen LogP contribution in [-0.2, 0) is 11.3 Å². The van der Waals surface area contributed by atoms with Gasteiger partial charge in [0.05, 0.1) is 0 Å². The van der Waals surface area contributed by atoms with Crippen molar-refractivity contribution < 1.29 is 9.59 Å². The molecule has 0 radical (unpaired) electrons. The van der Waals surface area contributed by atoms with Gasteiger partial charge < -0.3 is 16.0 Å². The Hall–Kier alpha value is -2.04. The van der Waals surface area contributed by atoms with Gasteiger partial charge in [-0.15, -0.1) is 0 Å². The maximum Gasteiger partial charge on any atom is 0.315 e. The van der Waals surface area contributed by atoms with Crippen LogP contribution in [0.4, 0.5) is 4.79 Å². The highest BCUT2D eigenvalue weighted by atomic mass is 16.2. The molecule has 1 aliphatic heterocycles. The third-order valence-corrected chi connectivity index (χ3v) is 3.14. The van der Waals surface area contributed by atoms with E-state index in [9.17, 15) is 9.59 Å². The van der Waals surface area contributed by atoms with E-state index in [2.05, 4.69) is 16.0 Å². The lowest BCUT2D eigenvalue weighted by Crippen LogP contribution is -2.48. The number of hydrogen-bond donors (Lipinski definition) is 3. The molecule has 1 fully saturated rings. The molecule has 1 heterocycles. The van der Waals surface area contributed by atoms with Gasteiger partial charge in [0.1, 0.15) is 6.04 Å². The minimum Gasteiger partial charge on any atom is -0.354 e. The SMILES string of the molecule is O=C(NCc1ccccc1)N[C@H]1CCCCNC1=O. The molecule has 1 aromatic rings. The first-order chi connectivity index (χ1) is 9.25. The van der Waals surface area contributed by atoms with E-state index < -0.39 is 6.04 Å². The quantitative estimate of drug-likeness (QED) is 0.764. The lowest BCUT2D eigenvalue weighted by atomic mass is 10.1. The van der Waals surface area contributed by atoms with E-state index in [1.807, 2.05) is 30.3 Å². The Bertz CT molecular complexity index is 434. The highest BCUT2D eigenvalue weighted by Crippen LogP contribution is 2.05. The van der Waals surface area contributed by atoms with Gasteiger partial charge in [-0.25, -0.2) is 4.79 Å². The van der Waals surface area contributed by atoms with Crippen molar-refractivity contribution in [1.82, 2.24) is 16.0 Å². The maximum atomic E-state index is 11.7. The first-order valence-electron chi connectivity index (χ1n) is 6.62. The number of urea groups is 1. The van der Waals surface area contributed by atoms with E-state index in [0.717, 1.165) is 18.4 Å². The van der Waals surface area contributed by atoms with Crippen LogP contribution in [0, 0.1) is 0 Å². The highest BCUT2D eigenvalue weighted by molar-refractivity contribution is 5.87. The Labute approximate surface area is 112 Å². The fourth-order valence-corrected chi connectivity index (χ4v) is 2.06. The second-order valence-electron chi connectivity index (χ2n) is 4.65. The fourth-order valence-electron chi connectivity index (χ4n) is 2.06. The molecule has 3 amide bonds. The molecule has 0 aliphatic carbocycles. The van der Waals surface area contributed by atoms with Crippen LogP contribution in [0.5, 0.6) is 0 Å². The molecule has 0 spiro atoms. The summed E-state index contributed by atoms with van der Waals surface area (Å²) in [6.07, 6.45) is 2.61. The summed E-state index contributed by atoms with van der Waals surface area (Å²) in [5.41, 5.74) is 1.03. The van der Waals surface area contributed by atoms with Crippen molar-refractivity contribution in [3.8, 4) is 0 Å². The number of carbonyl (C=O) groups excluding carboxylic acids is 2. The zero-order valence-electron chi connectivity index (χ0n) is 10.8. The summed E-state index contributed by atoms with van der Waals surface area (Å²) >= 11 is 0. The first kappa shape index (κ1) is 13.4. The molecule has 19 heavy (non-hydrogen) atoms. The van der Waals surface area contributed by atoms with Crippen molar-refractivity contribution in [3.63, 3.8) is 0 Å². The largest absolute Gasteiger partial charge is 0.354 e. The molecule has 1 atom stereocenters. The molecule has 1 saturated heterocycles. The third kappa shape index (κ3) is 4.28. The monoisotopic (exact) mass is 261 g/mol. The van der Waals surface area contributed by atoms with Crippen LogP contribution in [0.15, 0.2) is 30.3 Å². The van der Waals surface area contributed by atoms with Crippen LogP contribution >= 0.6 is 0 Å². The topological polar surface area (TPSA) is 70.2 Å². The summed E-state index contributed by atoms with van der Waals surface area (Å²) in [5.74, 6) is -0.0904. The summed E-state index contributed by atoms with van der Waals surface area (Å²) in [7, 11) is 0. The number of rotatable bonds is 3. The summed E-state index contributed by atoms with van der Waals surface area (Å²) in [4.78, 5) is 23.4. The van der Waals surface area contributed by atoms with Gasteiger partial charge in [0.15, 0.2) is 0 Å². The van der Waals surface area contributed by atoms with Crippen molar-refractivity contribution in [3.05, 3.63) is 35.9 Å². The lowest BCUT2D eigenvalue weighted by molar-refractivity contribution is -0.122. The summed E-state index contributed by atoms with van der Waals surface area (Å²) < 4.78 is 0. The highest BCUT2D eigenvalue weighted by Gasteiger charge is 2.21. The van der Waals surface area contributed by atoms with E-state index in [0.29, 0.717) is 19.5 Å². The second kappa shape index (κ2) is 6.78. The Morgan fingerprint density at radius 1 is 1.26 bits per heavy atom. The second-order valence-corrected chi connectivity index (χ2v) is 4.65. The number of nitrogens with one attached hydrogen (secondary N) is 3. The molecule has 0 saturated carbocycles. The van der Waals surface area contributed by atoms with Crippen molar-refractivity contribution in [1.29, 1.82) is 0 Å². The van der Waals surface area contributed by atoms with E-state index >= 15 is 0 Å². The number of hydrogen-bond acceptors (Lipinski definition) is 2. The molecular formula is C14H19N3O2. The van der Waals surface area contributed by atoms with E-state index in [1.54, 1.807) is 0 Å². The van der Waals surface area contributed by atoms with Gasteiger partial charge >= 0.3 is 6.03 Å². The van der Waals surface area contributed by atoms with Crippen molar-refractivity contribution in [2.24, 2.45) is 0 Å². The lowest BCUT2D eigenvalue weighted by Gasteiger charge is -2.15. The van der Waals surface area contributed by atoms with E-state index in [4.69, 9.17) is 0 Å². The van der Waals surface area contributed by atoms with Crippen molar-refractivity contribution in [2.45, 2.75) is 31.8 Å². The van der Waals surface area contributed by atoms with Crippen LogP contribution in [0.2, 0.25) is 0 Å². The Kier molecular flexibility index (Phi) is 4.78. The number of amides is 3.